The van der Waals surface area contributed by atoms with E-state index in [0.717, 1.165) is 44.3 Å². The predicted octanol–water partition coefficient (Wildman–Crippen LogP) is 1.81. The standard InChI is InChI=1S/C18H26N2O3S/c1-3-23-18(22)15-13-8-4-5-9-14(13)24-17(15)19-16(21)12(2)20-10-6-7-11-20/h12H,3-11H2,1-2H3,(H,19,21)/p+1/t12-/m0/s1. The summed E-state index contributed by atoms with van der Waals surface area (Å²) in [6, 6.07) is -0.0818. The normalized spacial score (nSPS) is 18.9. The molecule has 0 spiro atoms. The summed E-state index contributed by atoms with van der Waals surface area (Å²) in [7, 11) is 0. The van der Waals surface area contributed by atoms with Crippen molar-refractivity contribution < 1.29 is 19.2 Å². The molecule has 2 heterocycles. The van der Waals surface area contributed by atoms with Gasteiger partial charge in [0.2, 0.25) is 0 Å². The molecule has 0 saturated carbocycles. The Kier molecular flexibility index (Phi) is 5.56. The lowest BCUT2D eigenvalue weighted by atomic mass is 9.95. The van der Waals surface area contributed by atoms with Gasteiger partial charge in [-0.25, -0.2) is 4.79 Å². The van der Waals surface area contributed by atoms with Gasteiger partial charge in [0.15, 0.2) is 6.04 Å². The van der Waals surface area contributed by atoms with Crippen molar-refractivity contribution in [3.63, 3.8) is 0 Å². The van der Waals surface area contributed by atoms with E-state index in [1.54, 1.807) is 11.3 Å². The van der Waals surface area contributed by atoms with Crippen LogP contribution in [0.2, 0.25) is 0 Å². The molecule has 2 N–H and O–H groups in total. The van der Waals surface area contributed by atoms with Crippen LogP contribution in [0.1, 0.15) is 60.3 Å². The lowest BCUT2D eigenvalue weighted by Gasteiger charge is -2.20. The molecule has 1 saturated heterocycles. The van der Waals surface area contributed by atoms with Gasteiger partial charge in [-0.3, -0.25) is 4.79 Å². The number of ether oxygens (including phenoxy) is 1. The second-order valence-corrected chi connectivity index (χ2v) is 7.82. The maximum Gasteiger partial charge on any atom is 0.341 e. The second kappa shape index (κ2) is 7.66. The molecule has 0 bridgehead atoms. The summed E-state index contributed by atoms with van der Waals surface area (Å²) in [6.45, 7) is 6.26. The number of hydrogen-bond donors (Lipinski definition) is 2. The third-order valence-electron chi connectivity index (χ3n) is 5.14. The van der Waals surface area contributed by atoms with E-state index >= 15 is 0 Å². The van der Waals surface area contributed by atoms with E-state index in [-0.39, 0.29) is 17.9 Å². The number of amides is 1. The van der Waals surface area contributed by atoms with Gasteiger partial charge in [0.05, 0.1) is 25.3 Å². The number of hydrogen-bond acceptors (Lipinski definition) is 4. The lowest BCUT2D eigenvalue weighted by molar-refractivity contribution is -0.901. The largest absolute Gasteiger partial charge is 0.462 e. The maximum absolute atomic E-state index is 12.7. The monoisotopic (exact) mass is 351 g/mol. The Morgan fingerprint density at radius 2 is 1.92 bits per heavy atom. The van der Waals surface area contributed by atoms with Gasteiger partial charge in [-0.1, -0.05) is 0 Å². The summed E-state index contributed by atoms with van der Waals surface area (Å²) in [4.78, 5) is 27.7. The Balaban J connectivity index is 1.82. The molecule has 3 rings (SSSR count). The number of likely N-dealkylation sites (tertiary alicyclic amines) is 1. The molecule has 6 heteroatoms. The molecule has 1 aromatic heterocycles. The third kappa shape index (κ3) is 3.49. The Morgan fingerprint density at radius 1 is 1.21 bits per heavy atom. The number of aryl methyl sites for hydroxylation is 1. The van der Waals surface area contributed by atoms with Crippen molar-refractivity contribution in [1.82, 2.24) is 0 Å². The first-order chi connectivity index (χ1) is 11.6. The highest BCUT2D eigenvalue weighted by Gasteiger charge is 2.31. The van der Waals surface area contributed by atoms with Crippen LogP contribution >= 0.6 is 11.3 Å². The first kappa shape index (κ1) is 17.4. The van der Waals surface area contributed by atoms with Gasteiger partial charge in [0.25, 0.3) is 5.91 Å². The number of rotatable bonds is 5. The van der Waals surface area contributed by atoms with Gasteiger partial charge >= 0.3 is 5.97 Å². The average molecular weight is 351 g/mol. The molecule has 24 heavy (non-hydrogen) atoms. The fourth-order valence-electron chi connectivity index (χ4n) is 3.74. The molecule has 1 aromatic rings. The molecule has 0 aromatic carbocycles. The van der Waals surface area contributed by atoms with Crippen molar-refractivity contribution in [2.75, 3.05) is 25.0 Å². The minimum Gasteiger partial charge on any atom is -0.462 e. The Labute approximate surface area is 147 Å². The van der Waals surface area contributed by atoms with Crippen molar-refractivity contribution in [2.24, 2.45) is 0 Å². The van der Waals surface area contributed by atoms with Crippen molar-refractivity contribution in [2.45, 2.75) is 58.4 Å². The second-order valence-electron chi connectivity index (χ2n) is 6.71. The molecular formula is C18H27N2O3S+. The molecule has 132 valence electrons. The van der Waals surface area contributed by atoms with Crippen LogP contribution in [0.15, 0.2) is 0 Å². The zero-order valence-corrected chi connectivity index (χ0v) is 15.4. The molecule has 1 fully saturated rings. The third-order valence-corrected chi connectivity index (χ3v) is 6.35. The summed E-state index contributed by atoms with van der Waals surface area (Å²) in [5.41, 5.74) is 1.70. The molecule has 5 nitrogen and oxygen atoms in total. The molecule has 1 atom stereocenters. The van der Waals surface area contributed by atoms with Crippen molar-refractivity contribution in [1.29, 1.82) is 0 Å². The van der Waals surface area contributed by atoms with Crippen LogP contribution in [0.4, 0.5) is 5.00 Å². The Morgan fingerprint density at radius 3 is 2.62 bits per heavy atom. The van der Waals surface area contributed by atoms with Crippen LogP contribution < -0.4 is 10.2 Å². The van der Waals surface area contributed by atoms with Gasteiger partial charge < -0.3 is 15.0 Å². The first-order valence-electron chi connectivity index (χ1n) is 9.09. The number of carbonyl (C=O) groups is 2. The van der Waals surface area contributed by atoms with Gasteiger partial charge in [-0.05, 0) is 45.1 Å². The van der Waals surface area contributed by atoms with Gasteiger partial charge in [-0.2, -0.15) is 0 Å². The average Bonchev–Trinajstić information content (AvgIpc) is 3.21. The van der Waals surface area contributed by atoms with Gasteiger partial charge in [0, 0.05) is 17.7 Å². The molecule has 0 radical (unpaired) electrons. The fourth-order valence-corrected chi connectivity index (χ4v) is 5.02. The highest BCUT2D eigenvalue weighted by atomic mass is 32.1. The van der Waals surface area contributed by atoms with Crippen LogP contribution in [0.3, 0.4) is 0 Å². The minimum atomic E-state index is -0.298. The van der Waals surface area contributed by atoms with E-state index in [0.29, 0.717) is 17.2 Å². The first-order valence-corrected chi connectivity index (χ1v) is 9.90. The van der Waals surface area contributed by atoms with Crippen LogP contribution in [-0.2, 0) is 22.4 Å². The van der Waals surface area contributed by atoms with Crippen LogP contribution in [0.5, 0.6) is 0 Å². The smallest absolute Gasteiger partial charge is 0.341 e. The molecule has 1 aliphatic carbocycles. The van der Waals surface area contributed by atoms with E-state index in [9.17, 15) is 9.59 Å². The quantitative estimate of drug-likeness (QED) is 0.796. The van der Waals surface area contributed by atoms with E-state index in [1.807, 2.05) is 13.8 Å². The lowest BCUT2D eigenvalue weighted by Crippen LogP contribution is -3.14. The van der Waals surface area contributed by atoms with Crippen molar-refractivity contribution >= 4 is 28.2 Å². The molecule has 0 unspecified atom stereocenters. The van der Waals surface area contributed by atoms with E-state index in [4.69, 9.17) is 4.74 Å². The number of esters is 1. The Bertz CT molecular complexity index is 620. The predicted molar refractivity (Wildman–Crippen MR) is 94.9 cm³/mol. The van der Waals surface area contributed by atoms with Crippen LogP contribution in [-0.4, -0.2) is 37.6 Å². The molecule has 2 aliphatic rings. The van der Waals surface area contributed by atoms with E-state index in [1.165, 1.54) is 22.6 Å². The molecule has 1 amide bonds. The number of thiophene rings is 1. The fraction of sp³-hybridized carbons (Fsp3) is 0.667. The number of nitrogens with one attached hydrogen (secondary N) is 2. The molecular weight excluding hydrogens is 324 g/mol. The number of quaternary nitrogens is 1. The van der Waals surface area contributed by atoms with Crippen molar-refractivity contribution in [3.05, 3.63) is 16.0 Å². The summed E-state index contributed by atoms with van der Waals surface area (Å²) in [5, 5.41) is 3.73. The van der Waals surface area contributed by atoms with E-state index < -0.39 is 0 Å². The maximum atomic E-state index is 12.7. The van der Waals surface area contributed by atoms with E-state index in [2.05, 4.69) is 5.32 Å². The topological polar surface area (TPSA) is 59.8 Å². The summed E-state index contributed by atoms with van der Waals surface area (Å²) in [5.74, 6) is -0.288. The van der Waals surface area contributed by atoms with Gasteiger partial charge in [0.1, 0.15) is 5.00 Å². The van der Waals surface area contributed by atoms with Gasteiger partial charge in [-0.15, -0.1) is 11.3 Å². The number of fused-ring (bicyclic) bond motifs is 1. The summed E-state index contributed by atoms with van der Waals surface area (Å²) in [6.07, 6.45) is 6.52. The summed E-state index contributed by atoms with van der Waals surface area (Å²) >= 11 is 1.56. The number of anilines is 1. The highest BCUT2D eigenvalue weighted by molar-refractivity contribution is 7.17. The SMILES string of the molecule is CCOC(=O)c1c(NC(=O)[C@H](C)[NH+]2CCCC2)sc2c1CCCC2. The minimum absolute atomic E-state index is 0.0102. The Hall–Kier alpha value is -1.40. The van der Waals surface area contributed by atoms with Crippen LogP contribution in [0.25, 0.3) is 0 Å². The highest BCUT2D eigenvalue weighted by Crippen LogP contribution is 2.38. The summed E-state index contributed by atoms with van der Waals surface area (Å²) < 4.78 is 5.25. The van der Waals surface area contributed by atoms with Crippen molar-refractivity contribution in [3.8, 4) is 0 Å². The zero-order chi connectivity index (χ0) is 17.1. The van der Waals surface area contributed by atoms with Crippen LogP contribution in [0, 0.1) is 0 Å². The number of carbonyl (C=O) groups excluding carboxylic acids is 2. The zero-order valence-electron chi connectivity index (χ0n) is 14.6. The molecule has 1 aliphatic heterocycles.